The number of amides is 3. The van der Waals surface area contributed by atoms with Crippen molar-refractivity contribution in [1.29, 1.82) is 0 Å². The molecule has 6 nitrogen and oxygen atoms in total. The van der Waals surface area contributed by atoms with E-state index in [4.69, 9.17) is 0 Å². The predicted octanol–water partition coefficient (Wildman–Crippen LogP) is 3.78. The SMILES string of the molecule is O=C(CCN1C(=O)c2ccccc2N2C(=O)c3ccccc3[C@H]12)N1CCc2ccccc2C1. The maximum absolute atomic E-state index is 13.5. The van der Waals surface area contributed by atoms with Crippen molar-refractivity contribution in [3.8, 4) is 0 Å². The number of hydrogen-bond acceptors (Lipinski definition) is 3. The molecule has 6 heteroatoms. The molecule has 3 aromatic carbocycles. The zero-order valence-electron chi connectivity index (χ0n) is 18.1. The van der Waals surface area contributed by atoms with Gasteiger partial charge in [-0.05, 0) is 35.7 Å². The van der Waals surface area contributed by atoms with Gasteiger partial charge in [-0.2, -0.15) is 0 Å². The molecule has 0 saturated carbocycles. The maximum atomic E-state index is 13.5. The Balaban J connectivity index is 1.28. The fraction of sp³-hybridized carbons (Fsp3) is 0.222. The van der Waals surface area contributed by atoms with E-state index >= 15 is 0 Å². The van der Waals surface area contributed by atoms with Crippen molar-refractivity contribution < 1.29 is 14.4 Å². The van der Waals surface area contributed by atoms with Crippen LogP contribution in [0, 0.1) is 0 Å². The number of fused-ring (bicyclic) bond motifs is 6. The molecule has 0 N–H and O–H groups in total. The molecule has 0 radical (unpaired) electrons. The fourth-order valence-corrected chi connectivity index (χ4v) is 5.28. The highest BCUT2D eigenvalue weighted by Gasteiger charge is 2.47. The van der Waals surface area contributed by atoms with E-state index in [1.807, 2.05) is 47.4 Å². The molecule has 0 aliphatic carbocycles. The van der Waals surface area contributed by atoms with E-state index in [-0.39, 0.29) is 30.7 Å². The minimum absolute atomic E-state index is 0.0281. The molecule has 6 rings (SSSR count). The van der Waals surface area contributed by atoms with Gasteiger partial charge < -0.3 is 9.80 Å². The van der Waals surface area contributed by atoms with Crippen LogP contribution in [0.25, 0.3) is 0 Å². The van der Waals surface area contributed by atoms with Gasteiger partial charge in [0.2, 0.25) is 5.91 Å². The van der Waals surface area contributed by atoms with Crippen LogP contribution >= 0.6 is 0 Å². The lowest BCUT2D eigenvalue weighted by molar-refractivity contribution is -0.132. The van der Waals surface area contributed by atoms with Crippen molar-refractivity contribution in [3.05, 3.63) is 101 Å². The monoisotopic (exact) mass is 437 g/mol. The molecule has 3 aromatic rings. The lowest BCUT2D eigenvalue weighted by atomic mass is 9.99. The number of benzene rings is 3. The number of hydrogen-bond donors (Lipinski definition) is 0. The molecule has 3 aliphatic heterocycles. The van der Waals surface area contributed by atoms with Crippen LogP contribution in [0.3, 0.4) is 0 Å². The highest BCUT2D eigenvalue weighted by Crippen LogP contribution is 2.45. The number of rotatable bonds is 3. The quantitative estimate of drug-likeness (QED) is 0.627. The highest BCUT2D eigenvalue weighted by molar-refractivity contribution is 6.16. The molecule has 3 heterocycles. The average Bonchev–Trinajstić information content (AvgIpc) is 3.16. The zero-order valence-corrected chi connectivity index (χ0v) is 18.1. The fourth-order valence-electron chi connectivity index (χ4n) is 5.28. The number of anilines is 1. The van der Waals surface area contributed by atoms with Crippen LogP contribution in [0.5, 0.6) is 0 Å². The summed E-state index contributed by atoms with van der Waals surface area (Å²) < 4.78 is 0. The van der Waals surface area contributed by atoms with Crippen LogP contribution < -0.4 is 4.90 Å². The van der Waals surface area contributed by atoms with E-state index in [9.17, 15) is 14.4 Å². The number of nitrogens with zero attached hydrogens (tertiary/aromatic N) is 3. The standard InChI is InChI=1S/C27H23N3O3/c31-24(28-15-13-18-7-1-2-8-19(18)17-28)14-16-29-25-20-9-3-4-10-21(20)27(33)30(25)23-12-6-5-11-22(23)26(29)32/h1-12,25H,13-17H2/t25-/m1/s1. The summed E-state index contributed by atoms with van der Waals surface area (Å²) in [5.41, 5.74) is 5.02. The molecule has 3 aliphatic rings. The van der Waals surface area contributed by atoms with Crippen LogP contribution in [0.15, 0.2) is 72.8 Å². The van der Waals surface area contributed by atoms with Gasteiger partial charge in [-0.25, -0.2) is 0 Å². The largest absolute Gasteiger partial charge is 0.338 e. The van der Waals surface area contributed by atoms with E-state index in [0.717, 1.165) is 12.0 Å². The van der Waals surface area contributed by atoms with Gasteiger partial charge in [-0.15, -0.1) is 0 Å². The second kappa shape index (κ2) is 7.59. The minimum atomic E-state index is -0.522. The van der Waals surface area contributed by atoms with Crippen LogP contribution in [-0.2, 0) is 17.8 Å². The van der Waals surface area contributed by atoms with E-state index < -0.39 is 6.17 Å². The van der Waals surface area contributed by atoms with Crippen molar-refractivity contribution in [2.75, 3.05) is 18.0 Å². The molecule has 3 amide bonds. The topological polar surface area (TPSA) is 60.9 Å². The van der Waals surface area contributed by atoms with Crippen molar-refractivity contribution in [1.82, 2.24) is 9.80 Å². The Bertz CT molecular complexity index is 1300. The van der Waals surface area contributed by atoms with Crippen molar-refractivity contribution in [2.24, 2.45) is 0 Å². The molecular formula is C27H23N3O3. The first kappa shape index (κ1) is 19.7. The van der Waals surface area contributed by atoms with Gasteiger partial charge in [-0.1, -0.05) is 54.6 Å². The van der Waals surface area contributed by atoms with Crippen molar-refractivity contribution in [3.63, 3.8) is 0 Å². The summed E-state index contributed by atoms with van der Waals surface area (Å²) in [5.74, 6) is -0.229. The summed E-state index contributed by atoms with van der Waals surface area (Å²) >= 11 is 0. The van der Waals surface area contributed by atoms with Gasteiger partial charge >= 0.3 is 0 Å². The molecule has 1 atom stereocenters. The second-order valence-corrected chi connectivity index (χ2v) is 8.74. The maximum Gasteiger partial charge on any atom is 0.260 e. The Kier molecular flexibility index (Phi) is 4.54. The molecule has 0 fully saturated rings. The molecule has 0 saturated heterocycles. The molecule has 164 valence electrons. The summed E-state index contributed by atoms with van der Waals surface area (Å²) in [6.07, 6.45) is 0.540. The molecular weight excluding hydrogens is 414 g/mol. The van der Waals surface area contributed by atoms with Crippen LogP contribution in [0.4, 0.5) is 5.69 Å². The summed E-state index contributed by atoms with van der Waals surface area (Å²) in [6, 6.07) is 22.9. The van der Waals surface area contributed by atoms with Gasteiger partial charge in [0.05, 0.1) is 11.3 Å². The highest BCUT2D eigenvalue weighted by atomic mass is 16.2. The summed E-state index contributed by atoms with van der Waals surface area (Å²) in [4.78, 5) is 45.1. The average molecular weight is 437 g/mol. The molecule has 0 unspecified atom stereocenters. The van der Waals surface area contributed by atoms with Gasteiger partial charge in [0.25, 0.3) is 11.8 Å². The van der Waals surface area contributed by atoms with E-state index in [0.29, 0.717) is 29.9 Å². The lowest BCUT2D eigenvalue weighted by Crippen LogP contribution is -2.49. The normalized spacial score (nSPS) is 18.5. The third kappa shape index (κ3) is 3.05. The minimum Gasteiger partial charge on any atom is -0.338 e. The van der Waals surface area contributed by atoms with E-state index in [2.05, 4.69) is 12.1 Å². The molecule has 0 bridgehead atoms. The smallest absolute Gasteiger partial charge is 0.260 e. The Morgan fingerprint density at radius 2 is 1.52 bits per heavy atom. The third-order valence-electron chi connectivity index (χ3n) is 6.93. The molecule has 0 spiro atoms. The first-order valence-electron chi connectivity index (χ1n) is 11.3. The van der Waals surface area contributed by atoms with Crippen molar-refractivity contribution in [2.45, 2.75) is 25.6 Å². The predicted molar refractivity (Wildman–Crippen MR) is 124 cm³/mol. The Hall–Kier alpha value is -3.93. The van der Waals surface area contributed by atoms with E-state index in [1.54, 1.807) is 28.0 Å². The van der Waals surface area contributed by atoms with Gasteiger partial charge in [0.1, 0.15) is 6.17 Å². The summed E-state index contributed by atoms with van der Waals surface area (Å²) in [6.45, 7) is 1.54. The second-order valence-electron chi connectivity index (χ2n) is 8.74. The van der Waals surface area contributed by atoms with Crippen LogP contribution in [-0.4, -0.2) is 40.6 Å². The molecule has 0 aromatic heterocycles. The zero-order chi connectivity index (χ0) is 22.5. The first-order chi connectivity index (χ1) is 16.1. The Morgan fingerprint density at radius 3 is 2.36 bits per heavy atom. The van der Waals surface area contributed by atoms with Crippen molar-refractivity contribution >= 4 is 23.4 Å². The van der Waals surface area contributed by atoms with Gasteiger partial charge in [-0.3, -0.25) is 19.3 Å². The number of para-hydroxylation sites is 1. The Morgan fingerprint density at radius 1 is 0.818 bits per heavy atom. The third-order valence-corrected chi connectivity index (χ3v) is 6.93. The molecule has 33 heavy (non-hydrogen) atoms. The van der Waals surface area contributed by atoms with E-state index in [1.165, 1.54) is 11.1 Å². The number of carbonyl (C=O) groups is 3. The summed E-state index contributed by atoms with van der Waals surface area (Å²) in [7, 11) is 0. The lowest BCUT2D eigenvalue weighted by Gasteiger charge is -2.41. The van der Waals surface area contributed by atoms with Gasteiger partial charge in [0, 0.05) is 37.2 Å². The number of carbonyl (C=O) groups excluding carboxylic acids is 3. The summed E-state index contributed by atoms with van der Waals surface area (Å²) in [5, 5.41) is 0. The van der Waals surface area contributed by atoms with Gasteiger partial charge in [0.15, 0.2) is 0 Å². The first-order valence-corrected chi connectivity index (χ1v) is 11.3. The van der Waals surface area contributed by atoms with Crippen LogP contribution in [0.1, 0.15) is 50.0 Å². The van der Waals surface area contributed by atoms with Crippen LogP contribution in [0.2, 0.25) is 0 Å². The Labute approximate surface area is 192 Å².